The van der Waals surface area contributed by atoms with Gasteiger partial charge in [0, 0.05) is 12.3 Å². The second-order valence-electron chi connectivity index (χ2n) is 7.97. The number of esters is 1. The minimum absolute atomic E-state index is 0.0115. The molecule has 2 N–H and O–H groups in total. The number of carbonyl (C=O) groups excluding carboxylic acids is 2. The molecule has 2 aliphatic heterocycles. The maximum absolute atomic E-state index is 12.2. The smallest absolute Gasteiger partial charge is 0.338 e. The van der Waals surface area contributed by atoms with E-state index in [1.807, 2.05) is 19.1 Å². The van der Waals surface area contributed by atoms with E-state index in [4.69, 9.17) is 4.74 Å². The van der Waals surface area contributed by atoms with Crippen LogP contribution in [0.3, 0.4) is 0 Å². The van der Waals surface area contributed by atoms with Crippen molar-refractivity contribution in [1.82, 2.24) is 5.32 Å². The molecule has 1 saturated heterocycles. The first-order valence-corrected chi connectivity index (χ1v) is 8.95. The molecule has 2 fully saturated rings. The van der Waals surface area contributed by atoms with Gasteiger partial charge in [-0.1, -0.05) is 31.2 Å². The predicted molar refractivity (Wildman–Crippen MR) is 94.5 cm³/mol. The third kappa shape index (κ3) is 3.06. The molecule has 0 unspecified atom stereocenters. The summed E-state index contributed by atoms with van der Waals surface area (Å²) in [5.74, 6) is -0.111. The zero-order valence-electron chi connectivity index (χ0n) is 15.0. The largest absolute Gasteiger partial charge is 0.458 e. The Hall–Kier alpha value is -1.88. The van der Waals surface area contributed by atoms with Gasteiger partial charge in [0.15, 0.2) is 0 Å². The van der Waals surface area contributed by atoms with Crippen LogP contribution in [0.1, 0.15) is 39.5 Å². The van der Waals surface area contributed by atoms with Crippen LogP contribution in [0.2, 0.25) is 0 Å². The molecule has 5 heteroatoms. The molecule has 1 saturated carbocycles. The molecule has 0 spiro atoms. The lowest BCUT2D eigenvalue weighted by atomic mass is 9.53. The Morgan fingerprint density at radius 3 is 2.80 bits per heavy atom. The topological polar surface area (TPSA) is 75.6 Å². The molecule has 5 nitrogen and oxygen atoms in total. The normalized spacial score (nSPS) is 38.8. The van der Waals surface area contributed by atoms with E-state index in [1.54, 1.807) is 6.08 Å². The van der Waals surface area contributed by atoms with Crippen LogP contribution in [-0.4, -0.2) is 35.7 Å². The van der Waals surface area contributed by atoms with Crippen molar-refractivity contribution in [3.05, 3.63) is 36.0 Å². The van der Waals surface area contributed by atoms with Crippen LogP contribution >= 0.6 is 0 Å². The summed E-state index contributed by atoms with van der Waals surface area (Å²) in [4.78, 5) is 23.9. The highest BCUT2D eigenvalue weighted by atomic mass is 16.5. The first-order chi connectivity index (χ1) is 11.8. The molecule has 4 atom stereocenters. The van der Waals surface area contributed by atoms with Crippen molar-refractivity contribution in [2.75, 3.05) is 13.2 Å². The number of rotatable bonds is 3. The van der Waals surface area contributed by atoms with Crippen molar-refractivity contribution in [2.24, 2.45) is 17.3 Å². The summed E-state index contributed by atoms with van der Waals surface area (Å²) in [6, 6.07) is 0. The highest BCUT2D eigenvalue weighted by Gasteiger charge is 2.53. The van der Waals surface area contributed by atoms with E-state index in [2.05, 4.69) is 18.8 Å². The van der Waals surface area contributed by atoms with Gasteiger partial charge in [-0.25, -0.2) is 4.79 Å². The number of amides is 1. The number of hydrogen-bond donors (Lipinski definition) is 2. The van der Waals surface area contributed by atoms with Crippen molar-refractivity contribution in [3.8, 4) is 0 Å². The van der Waals surface area contributed by atoms with Crippen LogP contribution in [0.15, 0.2) is 36.0 Å². The molecule has 1 aliphatic carbocycles. The summed E-state index contributed by atoms with van der Waals surface area (Å²) in [7, 11) is 0. The second-order valence-corrected chi connectivity index (χ2v) is 7.97. The average Bonchev–Trinajstić information content (AvgIpc) is 2.93. The van der Waals surface area contributed by atoms with E-state index in [-0.39, 0.29) is 35.7 Å². The van der Waals surface area contributed by atoms with Crippen LogP contribution in [0.5, 0.6) is 0 Å². The van der Waals surface area contributed by atoms with Gasteiger partial charge in [0.1, 0.15) is 6.61 Å². The highest BCUT2D eigenvalue weighted by Crippen LogP contribution is 2.55. The second kappa shape index (κ2) is 6.45. The third-order valence-electron chi connectivity index (χ3n) is 6.34. The quantitative estimate of drug-likeness (QED) is 0.608. The first-order valence-electron chi connectivity index (χ1n) is 8.95. The number of nitrogens with one attached hydrogen (secondary N) is 1. The van der Waals surface area contributed by atoms with Gasteiger partial charge in [0.05, 0.1) is 17.7 Å². The standard InChI is InChI=1S/C20H27NO4/c1-13-4-7-16-19(2,10-8-17(23)21-20(16,3)12-22)15(13)6-5-14-9-11-25-18(14)24/h5-6,9,15-16,22H,1,4,7-8,10-12H2,2-3H3,(H,21,23)/b6-5+/t15-,16+,19+,20+/m1/s1. The maximum Gasteiger partial charge on any atom is 0.338 e. The lowest BCUT2D eigenvalue weighted by Gasteiger charge is -2.52. The van der Waals surface area contributed by atoms with Gasteiger partial charge < -0.3 is 15.2 Å². The van der Waals surface area contributed by atoms with Crippen molar-refractivity contribution in [3.63, 3.8) is 0 Å². The lowest BCUT2D eigenvalue weighted by molar-refractivity contribution is -0.135. The Kier molecular flexibility index (Phi) is 4.62. The third-order valence-corrected chi connectivity index (χ3v) is 6.34. The molecular weight excluding hydrogens is 318 g/mol. The Labute approximate surface area is 148 Å². The summed E-state index contributed by atoms with van der Waals surface area (Å²) >= 11 is 0. The first kappa shape index (κ1) is 17.9. The summed E-state index contributed by atoms with van der Waals surface area (Å²) < 4.78 is 4.96. The molecule has 3 rings (SSSR count). The van der Waals surface area contributed by atoms with Gasteiger partial charge in [-0.3, -0.25) is 4.79 Å². The number of aliphatic hydroxyl groups is 1. The fraction of sp³-hybridized carbons (Fsp3) is 0.600. The maximum atomic E-state index is 12.2. The predicted octanol–water partition coefficient (Wildman–Crippen LogP) is 2.28. The molecule has 3 aliphatic rings. The summed E-state index contributed by atoms with van der Waals surface area (Å²) in [6.45, 7) is 8.63. The van der Waals surface area contributed by atoms with Gasteiger partial charge in [0.2, 0.25) is 5.91 Å². The number of fused-ring (bicyclic) bond motifs is 1. The highest BCUT2D eigenvalue weighted by molar-refractivity contribution is 5.93. The number of allylic oxidation sites excluding steroid dienone is 2. The number of hydrogen-bond acceptors (Lipinski definition) is 4. The van der Waals surface area contributed by atoms with Gasteiger partial charge in [-0.05, 0) is 43.6 Å². The zero-order chi connectivity index (χ0) is 18.2. The van der Waals surface area contributed by atoms with Crippen molar-refractivity contribution in [2.45, 2.75) is 45.1 Å². The van der Waals surface area contributed by atoms with E-state index in [0.717, 1.165) is 24.8 Å². The summed E-state index contributed by atoms with van der Waals surface area (Å²) in [5.41, 5.74) is 0.856. The zero-order valence-corrected chi connectivity index (χ0v) is 15.0. The monoisotopic (exact) mass is 345 g/mol. The number of carbonyl (C=O) groups is 2. The van der Waals surface area contributed by atoms with Gasteiger partial charge in [-0.2, -0.15) is 0 Å². The molecule has 136 valence electrons. The Bertz CT molecular complexity index is 665. The molecule has 25 heavy (non-hydrogen) atoms. The van der Waals surface area contributed by atoms with E-state index < -0.39 is 5.54 Å². The van der Waals surface area contributed by atoms with E-state index >= 15 is 0 Å². The Balaban J connectivity index is 1.96. The molecule has 0 aromatic heterocycles. The van der Waals surface area contributed by atoms with Crippen LogP contribution in [-0.2, 0) is 14.3 Å². The van der Waals surface area contributed by atoms with E-state index in [9.17, 15) is 14.7 Å². The summed E-state index contributed by atoms with van der Waals surface area (Å²) in [6.07, 6.45) is 8.56. The molecule has 0 radical (unpaired) electrons. The Morgan fingerprint density at radius 1 is 1.40 bits per heavy atom. The van der Waals surface area contributed by atoms with Crippen molar-refractivity contribution >= 4 is 11.9 Å². The minimum Gasteiger partial charge on any atom is -0.458 e. The van der Waals surface area contributed by atoms with E-state index in [0.29, 0.717) is 18.6 Å². The van der Waals surface area contributed by atoms with Gasteiger partial charge >= 0.3 is 5.97 Å². The number of aliphatic hydroxyl groups excluding tert-OH is 1. The van der Waals surface area contributed by atoms with Crippen LogP contribution in [0, 0.1) is 17.3 Å². The minimum atomic E-state index is -0.638. The number of ether oxygens (including phenoxy) is 1. The molecule has 1 amide bonds. The van der Waals surface area contributed by atoms with Crippen LogP contribution in [0.4, 0.5) is 0 Å². The van der Waals surface area contributed by atoms with Gasteiger partial charge in [-0.15, -0.1) is 0 Å². The average molecular weight is 345 g/mol. The van der Waals surface area contributed by atoms with Crippen molar-refractivity contribution in [1.29, 1.82) is 0 Å². The van der Waals surface area contributed by atoms with Crippen LogP contribution in [0.25, 0.3) is 0 Å². The SMILES string of the molecule is C=C1CC[C@H]2[C@@](C)(CCC(=O)N[C@@]2(C)CO)[C@@H]1/C=C/C1=CCOC1=O. The molecule has 0 aromatic rings. The van der Waals surface area contributed by atoms with Gasteiger partial charge in [0.25, 0.3) is 0 Å². The molecule has 0 bridgehead atoms. The lowest BCUT2D eigenvalue weighted by Crippen LogP contribution is -2.58. The fourth-order valence-corrected chi connectivity index (χ4v) is 4.94. The number of cyclic esters (lactones) is 1. The van der Waals surface area contributed by atoms with Crippen molar-refractivity contribution < 1.29 is 19.4 Å². The fourth-order valence-electron chi connectivity index (χ4n) is 4.94. The Morgan fingerprint density at radius 2 is 2.16 bits per heavy atom. The van der Waals surface area contributed by atoms with E-state index in [1.165, 1.54) is 0 Å². The summed E-state index contributed by atoms with van der Waals surface area (Å²) in [5, 5.41) is 13.1. The molecule has 2 heterocycles. The van der Waals surface area contributed by atoms with Crippen LogP contribution < -0.4 is 5.32 Å². The molecule has 0 aromatic carbocycles. The molecular formula is C20H27NO4.